The highest BCUT2D eigenvalue weighted by Gasteiger charge is 2.52. The minimum Gasteiger partial charge on any atom is -0.452 e. The highest BCUT2D eigenvalue weighted by Crippen LogP contribution is 2.39. The fourth-order valence-electron chi connectivity index (χ4n) is 3.57. The van der Waals surface area contributed by atoms with Gasteiger partial charge in [-0.15, -0.1) is 0 Å². The second-order valence-electron chi connectivity index (χ2n) is 10.2. The third kappa shape index (κ3) is 6.27. The summed E-state index contributed by atoms with van der Waals surface area (Å²) in [5.74, 6) is -3.64. The van der Waals surface area contributed by atoms with E-state index >= 15 is 0 Å². The molecule has 1 N–H and O–H groups in total. The van der Waals surface area contributed by atoms with Gasteiger partial charge in [0.2, 0.25) is 5.91 Å². The topological polar surface area (TPSA) is 161 Å². The normalized spacial score (nSPS) is 19.5. The van der Waals surface area contributed by atoms with Crippen molar-refractivity contribution in [3.8, 4) is 0 Å². The third-order valence-corrected chi connectivity index (χ3v) is 11.4. The molecule has 2 rings (SSSR count). The molecule has 0 radical (unpaired) electrons. The van der Waals surface area contributed by atoms with Crippen molar-refractivity contribution >= 4 is 37.4 Å². The van der Waals surface area contributed by atoms with Crippen molar-refractivity contribution in [1.82, 2.24) is 5.32 Å². The number of ether oxygens (including phenoxy) is 1. The Hall–Kier alpha value is -3.21. The van der Waals surface area contributed by atoms with Gasteiger partial charge in [0.1, 0.15) is 6.61 Å². The molecule has 0 unspecified atom stereocenters. The molecular formula is C23H32N4O7Si. The molecule has 0 aliphatic carbocycles. The summed E-state index contributed by atoms with van der Waals surface area (Å²) < 4.78 is 11.4. The van der Waals surface area contributed by atoms with E-state index in [9.17, 15) is 30.0 Å². The van der Waals surface area contributed by atoms with Gasteiger partial charge in [-0.2, -0.15) is 4.79 Å². The molecule has 0 saturated carbocycles. The number of ketones is 1. The first-order chi connectivity index (χ1) is 16.1. The van der Waals surface area contributed by atoms with E-state index in [1.54, 1.807) is 6.92 Å². The van der Waals surface area contributed by atoms with Crippen LogP contribution < -0.4 is 5.32 Å². The minimum absolute atomic E-state index is 0.0669. The fraction of sp³-hybridized carbons (Fsp3) is 0.565. The van der Waals surface area contributed by atoms with Crippen molar-refractivity contribution in [1.29, 1.82) is 0 Å². The number of β-lactam (4-membered cyclic amide) rings is 1. The smallest absolute Gasteiger partial charge is 0.441 e. The molecule has 1 saturated heterocycles. The van der Waals surface area contributed by atoms with Crippen LogP contribution in [0.2, 0.25) is 18.1 Å². The summed E-state index contributed by atoms with van der Waals surface area (Å²) in [5, 5.41) is 13.4. The number of non-ortho nitro benzene ring substituents is 1. The van der Waals surface area contributed by atoms with Crippen LogP contribution in [0, 0.1) is 22.0 Å². The highest BCUT2D eigenvalue weighted by molar-refractivity contribution is 6.74. The summed E-state index contributed by atoms with van der Waals surface area (Å²) in [6.07, 6.45) is -0.450. The first-order valence-electron chi connectivity index (χ1n) is 11.3. The molecule has 1 heterocycles. The predicted octanol–water partition coefficient (Wildman–Crippen LogP) is 3.04. The number of nitro groups is 1. The number of nitrogens with one attached hydrogen (secondary N) is 1. The van der Waals surface area contributed by atoms with Gasteiger partial charge in [-0.25, -0.2) is 4.79 Å². The number of rotatable bonds is 10. The first kappa shape index (κ1) is 28.0. The van der Waals surface area contributed by atoms with Crippen LogP contribution in [0.15, 0.2) is 24.3 Å². The number of esters is 1. The zero-order valence-corrected chi connectivity index (χ0v) is 22.0. The molecule has 1 aliphatic heterocycles. The van der Waals surface area contributed by atoms with Crippen molar-refractivity contribution in [3.63, 3.8) is 0 Å². The second-order valence-corrected chi connectivity index (χ2v) is 15.0. The van der Waals surface area contributed by atoms with Crippen LogP contribution >= 0.6 is 0 Å². The van der Waals surface area contributed by atoms with Gasteiger partial charge in [0.25, 0.3) is 11.5 Å². The molecule has 1 amide bonds. The fourth-order valence-corrected chi connectivity index (χ4v) is 5.00. The van der Waals surface area contributed by atoms with Crippen LogP contribution in [0.25, 0.3) is 5.53 Å². The molecule has 11 nitrogen and oxygen atoms in total. The van der Waals surface area contributed by atoms with Gasteiger partial charge in [-0.05, 0) is 42.8 Å². The molecule has 1 aromatic carbocycles. The molecule has 12 heteroatoms. The van der Waals surface area contributed by atoms with E-state index in [-0.39, 0.29) is 23.2 Å². The standard InChI is InChI=1S/C23H32N4O7Si/c1-13(18-17(21(29)25-18)14(2)34-35(6,7)23(3,4)5)20(28)19(26-24)22(30)33-12-15-8-10-16(11-9-15)27(31)32/h8-11,13-14,17-18H,12H2,1-7H3,(H,25,29)/t13-,14+,17-,18-/m1/s1. The summed E-state index contributed by atoms with van der Waals surface area (Å²) in [5.41, 5.74) is 8.87. The lowest BCUT2D eigenvalue weighted by molar-refractivity contribution is -0.384. The highest BCUT2D eigenvalue weighted by atomic mass is 28.4. The van der Waals surface area contributed by atoms with Gasteiger partial charge in [0.05, 0.1) is 23.0 Å². The Labute approximate surface area is 205 Å². The molecule has 1 aliphatic rings. The van der Waals surface area contributed by atoms with Gasteiger partial charge in [-0.3, -0.25) is 19.7 Å². The number of nitrogens with zero attached hydrogens (tertiary/aromatic N) is 3. The maximum Gasteiger partial charge on any atom is 0.441 e. The quantitative estimate of drug-likeness (QED) is 0.0589. The molecular weight excluding hydrogens is 472 g/mol. The van der Waals surface area contributed by atoms with Crippen molar-refractivity contribution < 1.29 is 33.3 Å². The van der Waals surface area contributed by atoms with Crippen molar-refractivity contribution in [2.24, 2.45) is 11.8 Å². The van der Waals surface area contributed by atoms with Crippen LogP contribution in [0.4, 0.5) is 5.69 Å². The van der Waals surface area contributed by atoms with Crippen LogP contribution in [-0.2, 0) is 30.2 Å². The maximum atomic E-state index is 13.0. The number of carbonyl (C=O) groups is 3. The second kappa shape index (κ2) is 10.6. The maximum absolute atomic E-state index is 13.0. The lowest BCUT2D eigenvalue weighted by Crippen LogP contribution is -2.67. The molecule has 0 bridgehead atoms. The number of nitro benzene ring substituents is 1. The summed E-state index contributed by atoms with van der Waals surface area (Å²) >= 11 is 0. The average molecular weight is 505 g/mol. The van der Waals surface area contributed by atoms with Gasteiger partial charge in [0.15, 0.2) is 8.32 Å². The number of hydrogen-bond acceptors (Lipinski definition) is 7. The molecule has 4 atom stereocenters. The van der Waals surface area contributed by atoms with Crippen LogP contribution in [0.3, 0.4) is 0 Å². The lowest BCUT2D eigenvalue weighted by Gasteiger charge is -2.46. The van der Waals surface area contributed by atoms with Crippen LogP contribution in [-0.4, -0.2) is 53.5 Å². The summed E-state index contributed by atoms with van der Waals surface area (Å²) in [7, 11) is -2.17. The van der Waals surface area contributed by atoms with Crippen molar-refractivity contribution in [2.45, 2.75) is 71.5 Å². The van der Waals surface area contributed by atoms with E-state index in [1.165, 1.54) is 31.2 Å². The van der Waals surface area contributed by atoms with Gasteiger partial charge in [0, 0.05) is 18.1 Å². The molecule has 0 spiro atoms. The van der Waals surface area contributed by atoms with E-state index in [2.05, 4.69) is 44.0 Å². The third-order valence-electron chi connectivity index (χ3n) is 6.79. The minimum atomic E-state index is -2.17. The Morgan fingerprint density at radius 3 is 2.26 bits per heavy atom. The molecule has 1 aromatic rings. The molecule has 190 valence electrons. The molecule has 1 fully saturated rings. The van der Waals surface area contributed by atoms with Crippen molar-refractivity contribution in [3.05, 3.63) is 45.5 Å². The SMILES string of the molecule is C[C@H](O[Si](C)(C)C(C)(C)C)[C@H]1C(=O)N[C@@H]1[C@@H](C)C(=O)C(=[N+]=[N-])C(=O)OCc1ccc([N+](=O)[O-])cc1. The number of Topliss-reactive ketones (excluding diaryl/α,β-unsaturated/α-hetero) is 1. The monoisotopic (exact) mass is 504 g/mol. The lowest BCUT2D eigenvalue weighted by atomic mass is 9.76. The Balaban J connectivity index is 2.05. The van der Waals surface area contributed by atoms with Gasteiger partial charge < -0.3 is 20.0 Å². The zero-order valence-electron chi connectivity index (χ0n) is 21.0. The van der Waals surface area contributed by atoms with Crippen molar-refractivity contribution in [2.75, 3.05) is 0 Å². The number of benzene rings is 1. The predicted molar refractivity (Wildman–Crippen MR) is 129 cm³/mol. The van der Waals surface area contributed by atoms with E-state index in [1.807, 2.05) is 0 Å². The zero-order chi connectivity index (χ0) is 26.7. The largest absolute Gasteiger partial charge is 0.452 e. The Morgan fingerprint density at radius 1 is 1.23 bits per heavy atom. The molecule has 35 heavy (non-hydrogen) atoms. The van der Waals surface area contributed by atoms with Gasteiger partial charge >= 0.3 is 11.7 Å². The number of carbonyl (C=O) groups excluding carboxylic acids is 3. The van der Waals surface area contributed by atoms with E-state index in [0.717, 1.165) is 0 Å². The Morgan fingerprint density at radius 2 is 1.80 bits per heavy atom. The van der Waals surface area contributed by atoms with E-state index in [0.29, 0.717) is 5.56 Å². The Bertz CT molecular complexity index is 1060. The number of hydrogen-bond donors (Lipinski definition) is 1. The number of amides is 1. The van der Waals surface area contributed by atoms with Crippen LogP contribution in [0.5, 0.6) is 0 Å². The van der Waals surface area contributed by atoms with E-state index in [4.69, 9.17) is 9.16 Å². The summed E-state index contributed by atoms with van der Waals surface area (Å²) in [6.45, 7) is 13.5. The Kier molecular flexibility index (Phi) is 8.48. The van der Waals surface area contributed by atoms with Gasteiger partial charge in [-0.1, -0.05) is 27.7 Å². The average Bonchev–Trinajstić information content (AvgIpc) is 2.74. The summed E-state index contributed by atoms with van der Waals surface area (Å²) in [6, 6.07) is 4.72. The first-order valence-corrected chi connectivity index (χ1v) is 14.2. The van der Waals surface area contributed by atoms with E-state index < -0.39 is 54.7 Å². The van der Waals surface area contributed by atoms with Crippen LogP contribution in [0.1, 0.15) is 40.2 Å². The summed E-state index contributed by atoms with van der Waals surface area (Å²) in [4.78, 5) is 50.7. The molecule has 0 aromatic heterocycles.